The third-order valence-electron chi connectivity index (χ3n) is 4.44. The van der Waals surface area contributed by atoms with Gasteiger partial charge in [0.15, 0.2) is 0 Å². The molecule has 2 aromatic carbocycles. The molecule has 0 aromatic heterocycles. The molecule has 0 radical (unpaired) electrons. The first-order valence-electron chi connectivity index (χ1n) is 8.37. The Labute approximate surface area is 138 Å². The van der Waals surface area contributed by atoms with Gasteiger partial charge in [0.05, 0.1) is 5.92 Å². The van der Waals surface area contributed by atoms with Gasteiger partial charge in [0.2, 0.25) is 5.91 Å². The van der Waals surface area contributed by atoms with Crippen LogP contribution in [0.5, 0.6) is 0 Å². The van der Waals surface area contributed by atoms with Crippen molar-refractivity contribution in [2.45, 2.75) is 26.3 Å². The Bertz CT molecular complexity index is 658. The summed E-state index contributed by atoms with van der Waals surface area (Å²) in [5.41, 5.74) is 4.84. The minimum absolute atomic E-state index is 0.121. The van der Waals surface area contributed by atoms with Gasteiger partial charge in [-0.25, -0.2) is 0 Å². The maximum atomic E-state index is 12.1. The Kier molecular flexibility index (Phi) is 5.09. The largest absolute Gasteiger partial charge is 0.352 e. The molecular weight excluding hydrogens is 284 g/mol. The van der Waals surface area contributed by atoms with Crippen molar-refractivity contribution in [3.8, 4) is 11.1 Å². The van der Waals surface area contributed by atoms with Crippen molar-refractivity contribution >= 4 is 5.91 Å². The summed E-state index contributed by atoms with van der Waals surface area (Å²) in [4.78, 5) is 12.1. The Morgan fingerprint density at radius 3 is 2.70 bits per heavy atom. The van der Waals surface area contributed by atoms with Crippen molar-refractivity contribution in [1.29, 1.82) is 0 Å². The van der Waals surface area contributed by atoms with Crippen LogP contribution in [0.1, 0.15) is 24.0 Å². The first-order chi connectivity index (χ1) is 11.2. The molecule has 1 fully saturated rings. The van der Waals surface area contributed by atoms with E-state index in [2.05, 4.69) is 66.1 Å². The van der Waals surface area contributed by atoms with Crippen LogP contribution in [0, 0.1) is 12.8 Å². The second-order valence-corrected chi connectivity index (χ2v) is 6.33. The van der Waals surface area contributed by atoms with E-state index < -0.39 is 0 Å². The number of benzene rings is 2. The highest BCUT2D eigenvalue weighted by molar-refractivity contribution is 5.79. The fraction of sp³-hybridized carbons (Fsp3) is 0.350. The van der Waals surface area contributed by atoms with Gasteiger partial charge in [-0.1, -0.05) is 54.1 Å². The molecule has 1 unspecified atom stereocenters. The van der Waals surface area contributed by atoms with Crippen LogP contribution in [0.2, 0.25) is 0 Å². The molecule has 1 heterocycles. The van der Waals surface area contributed by atoms with E-state index in [0.29, 0.717) is 6.54 Å². The molecule has 3 nitrogen and oxygen atoms in total. The van der Waals surface area contributed by atoms with Gasteiger partial charge in [0.1, 0.15) is 0 Å². The van der Waals surface area contributed by atoms with E-state index in [9.17, 15) is 4.79 Å². The maximum absolute atomic E-state index is 12.1. The van der Waals surface area contributed by atoms with Gasteiger partial charge in [-0.05, 0) is 43.0 Å². The molecule has 0 spiro atoms. The third kappa shape index (κ3) is 4.20. The highest BCUT2D eigenvalue weighted by Crippen LogP contribution is 2.21. The van der Waals surface area contributed by atoms with Crippen LogP contribution in [-0.4, -0.2) is 19.0 Å². The lowest BCUT2D eigenvalue weighted by Gasteiger charge is -2.21. The fourth-order valence-electron chi connectivity index (χ4n) is 3.05. The van der Waals surface area contributed by atoms with Gasteiger partial charge in [0, 0.05) is 13.1 Å². The molecule has 1 saturated heterocycles. The molecular formula is C20H24N2O. The molecule has 3 heteroatoms. The van der Waals surface area contributed by atoms with Crippen LogP contribution < -0.4 is 10.6 Å². The van der Waals surface area contributed by atoms with E-state index in [0.717, 1.165) is 31.5 Å². The molecule has 1 aliphatic rings. The zero-order valence-electron chi connectivity index (χ0n) is 13.6. The van der Waals surface area contributed by atoms with Gasteiger partial charge < -0.3 is 10.6 Å². The minimum Gasteiger partial charge on any atom is -0.352 e. The van der Waals surface area contributed by atoms with E-state index in [1.807, 2.05) is 0 Å². The molecule has 23 heavy (non-hydrogen) atoms. The quantitative estimate of drug-likeness (QED) is 0.910. The molecule has 1 amide bonds. The number of rotatable bonds is 4. The lowest BCUT2D eigenvalue weighted by molar-refractivity contribution is -0.125. The first kappa shape index (κ1) is 15.8. The zero-order chi connectivity index (χ0) is 16.1. The van der Waals surface area contributed by atoms with E-state index in [1.54, 1.807) is 0 Å². The first-order valence-corrected chi connectivity index (χ1v) is 8.37. The van der Waals surface area contributed by atoms with E-state index >= 15 is 0 Å². The van der Waals surface area contributed by atoms with E-state index in [-0.39, 0.29) is 11.8 Å². The molecule has 0 saturated carbocycles. The number of carbonyl (C=O) groups is 1. The van der Waals surface area contributed by atoms with Gasteiger partial charge in [-0.3, -0.25) is 4.79 Å². The standard InChI is InChI=1S/C20H24N2O/c1-15-4-2-5-18(12-15)17-9-7-16(8-10-17)13-22-20(23)19-6-3-11-21-14-19/h2,4-5,7-10,12,19,21H,3,6,11,13-14H2,1H3,(H,22,23). The number of hydrogen-bond donors (Lipinski definition) is 2. The predicted molar refractivity (Wildman–Crippen MR) is 94.1 cm³/mol. The molecule has 0 bridgehead atoms. The Morgan fingerprint density at radius 2 is 2.00 bits per heavy atom. The number of piperidine rings is 1. The van der Waals surface area contributed by atoms with Crippen LogP contribution in [0.15, 0.2) is 48.5 Å². The predicted octanol–water partition coefficient (Wildman–Crippen LogP) is 3.28. The Balaban J connectivity index is 1.58. The van der Waals surface area contributed by atoms with E-state index in [1.165, 1.54) is 16.7 Å². The number of aryl methyl sites for hydroxylation is 1. The zero-order valence-corrected chi connectivity index (χ0v) is 13.6. The Morgan fingerprint density at radius 1 is 1.17 bits per heavy atom. The second kappa shape index (κ2) is 7.42. The molecule has 2 N–H and O–H groups in total. The summed E-state index contributed by atoms with van der Waals surface area (Å²) in [6.45, 7) is 4.54. The Hall–Kier alpha value is -2.13. The summed E-state index contributed by atoms with van der Waals surface area (Å²) in [5, 5.41) is 6.34. The van der Waals surface area contributed by atoms with Crippen molar-refractivity contribution in [3.05, 3.63) is 59.7 Å². The number of amides is 1. The fourth-order valence-corrected chi connectivity index (χ4v) is 3.05. The third-order valence-corrected chi connectivity index (χ3v) is 4.44. The normalized spacial score (nSPS) is 17.7. The van der Waals surface area contributed by atoms with Crippen LogP contribution in [0.4, 0.5) is 0 Å². The number of carbonyl (C=O) groups excluding carboxylic acids is 1. The number of hydrogen-bond acceptors (Lipinski definition) is 2. The number of nitrogens with one attached hydrogen (secondary N) is 2. The summed E-state index contributed by atoms with van der Waals surface area (Å²) in [7, 11) is 0. The van der Waals surface area contributed by atoms with Crippen LogP contribution in [0.25, 0.3) is 11.1 Å². The summed E-state index contributed by atoms with van der Waals surface area (Å²) in [6, 6.07) is 16.9. The average molecular weight is 308 g/mol. The van der Waals surface area contributed by atoms with Gasteiger partial charge in [-0.2, -0.15) is 0 Å². The SMILES string of the molecule is Cc1cccc(-c2ccc(CNC(=O)C3CCCNC3)cc2)c1. The van der Waals surface area contributed by atoms with Crippen molar-refractivity contribution < 1.29 is 4.79 Å². The second-order valence-electron chi connectivity index (χ2n) is 6.33. The highest BCUT2D eigenvalue weighted by Gasteiger charge is 2.20. The smallest absolute Gasteiger partial charge is 0.224 e. The molecule has 2 aromatic rings. The van der Waals surface area contributed by atoms with Crippen LogP contribution in [-0.2, 0) is 11.3 Å². The highest BCUT2D eigenvalue weighted by atomic mass is 16.1. The summed E-state index contributed by atoms with van der Waals surface area (Å²) >= 11 is 0. The van der Waals surface area contributed by atoms with Crippen molar-refractivity contribution in [3.63, 3.8) is 0 Å². The van der Waals surface area contributed by atoms with Gasteiger partial charge in [0.25, 0.3) is 0 Å². The molecule has 0 aliphatic carbocycles. The topological polar surface area (TPSA) is 41.1 Å². The molecule has 3 rings (SSSR count). The molecule has 120 valence electrons. The summed E-state index contributed by atoms with van der Waals surface area (Å²) in [6.07, 6.45) is 2.08. The molecule has 1 atom stereocenters. The minimum atomic E-state index is 0.121. The van der Waals surface area contributed by atoms with Crippen LogP contribution in [0.3, 0.4) is 0 Å². The summed E-state index contributed by atoms with van der Waals surface area (Å²) < 4.78 is 0. The van der Waals surface area contributed by atoms with Crippen molar-refractivity contribution in [1.82, 2.24) is 10.6 Å². The van der Waals surface area contributed by atoms with Crippen LogP contribution >= 0.6 is 0 Å². The monoisotopic (exact) mass is 308 g/mol. The average Bonchev–Trinajstić information content (AvgIpc) is 2.61. The molecule has 1 aliphatic heterocycles. The lowest BCUT2D eigenvalue weighted by Crippen LogP contribution is -2.40. The van der Waals surface area contributed by atoms with Gasteiger partial charge in [-0.15, -0.1) is 0 Å². The summed E-state index contributed by atoms with van der Waals surface area (Å²) in [5.74, 6) is 0.287. The maximum Gasteiger partial charge on any atom is 0.224 e. The van der Waals surface area contributed by atoms with Gasteiger partial charge >= 0.3 is 0 Å². The lowest BCUT2D eigenvalue weighted by atomic mass is 9.98. The van der Waals surface area contributed by atoms with E-state index in [4.69, 9.17) is 0 Å². The van der Waals surface area contributed by atoms with Crippen molar-refractivity contribution in [2.24, 2.45) is 5.92 Å². The van der Waals surface area contributed by atoms with Crippen molar-refractivity contribution in [2.75, 3.05) is 13.1 Å².